The fourth-order valence-corrected chi connectivity index (χ4v) is 1.70. The summed E-state index contributed by atoms with van der Waals surface area (Å²) in [6.45, 7) is 13.8. The van der Waals surface area contributed by atoms with Crippen molar-refractivity contribution in [2.24, 2.45) is 17.8 Å². The van der Waals surface area contributed by atoms with Gasteiger partial charge in [-0.3, -0.25) is 0 Å². The molecule has 84 valence electrons. The highest BCUT2D eigenvalue weighted by Gasteiger charge is 2.04. The number of rotatable bonds is 6. The smallest absolute Gasteiger partial charge is 0.0297 e. The van der Waals surface area contributed by atoms with Crippen molar-refractivity contribution < 1.29 is 0 Å². The zero-order chi connectivity index (χ0) is 11.1. The van der Waals surface area contributed by atoms with E-state index in [1.54, 1.807) is 5.57 Å². The summed E-state index contributed by atoms with van der Waals surface area (Å²) in [5, 5.41) is 0. The average molecular weight is 196 g/mol. The van der Waals surface area contributed by atoms with E-state index in [1.165, 1.54) is 19.3 Å². The van der Waals surface area contributed by atoms with Crippen molar-refractivity contribution in [3.63, 3.8) is 0 Å². The minimum absolute atomic E-state index is 0.796. The molecule has 0 amide bonds. The summed E-state index contributed by atoms with van der Waals surface area (Å²) in [7, 11) is 0. The second-order valence-electron chi connectivity index (χ2n) is 5.69. The highest BCUT2D eigenvalue weighted by molar-refractivity contribution is 5.03. The number of hydrogen-bond acceptors (Lipinski definition) is 0. The molecule has 0 unspecified atom stereocenters. The molecule has 0 aliphatic carbocycles. The Bertz CT molecular complexity index is 149. The standard InChI is InChI=1S/C14H28/c1-11(2)7-8-14(9-12(3)4)10-13(5)6/h8,11-13H,7,9-10H2,1-6H3. The van der Waals surface area contributed by atoms with E-state index in [4.69, 9.17) is 0 Å². The van der Waals surface area contributed by atoms with Crippen LogP contribution in [0.1, 0.15) is 60.8 Å². The topological polar surface area (TPSA) is 0 Å². The first-order chi connectivity index (χ1) is 6.41. The van der Waals surface area contributed by atoms with Crippen LogP contribution in [0.3, 0.4) is 0 Å². The highest BCUT2D eigenvalue weighted by Crippen LogP contribution is 2.20. The van der Waals surface area contributed by atoms with Crippen LogP contribution in [0, 0.1) is 17.8 Å². The Balaban J connectivity index is 4.15. The number of allylic oxidation sites excluding steroid dienone is 2. The third-order valence-corrected chi connectivity index (χ3v) is 2.22. The molecule has 0 radical (unpaired) electrons. The van der Waals surface area contributed by atoms with E-state index >= 15 is 0 Å². The summed E-state index contributed by atoms with van der Waals surface area (Å²) in [4.78, 5) is 0. The molecule has 0 saturated heterocycles. The van der Waals surface area contributed by atoms with Crippen LogP contribution in [-0.2, 0) is 0 Å². The van der Waals surface area contributed by atoms with Crippen molar-refractivity contribution in [1.29, 1.82) is 0 Å². The maximum atomic E-state index is 2.48. The molecule has 0 aliphatic rings. The summed E-state index contributed by atoms with van der Waals surface area (Å²) in [5.41, 5.74) is 1.67. The molecule has 0 aromatic rings. The van der Waals surface area contributed by atoms with Crippen molar-refractivity contribution in [2.45, 2.75) is 60.8 Å². The zero-order valence-corrected chi connectivity index (χ0v) is 10.9. The molecule has 0 fully saturated rings. The SMILES string of the molecule is CC(C)CC=C(CC(C)C)CC(C)C. The quantitative estimate of drug-likeness (QED) is 0.521. The van der Waals surface area contributed by atoms with Crippen molar-refractivity contribution >= 4 is 0 Å². The molecule has 0 spiro atoms. The largest absolute Gasteiger partial charge is 0.0851 e. The van der Waals surface area contributed by atoms with Crippen LogP contribution in [0.4, 0.5) is 0 Å². The Kier molecular flexibility index (Phi) is 6.96. The summed E-state index contributed by atoms with van der Waals surface area (Å²) in [6.07, 6.45) is 6.29. The Morgan fingerprint density at radius 2 is 1.21 bits per heavy atom. The third-order valence-electron chi connectivity index (χ3n) is 2.22. The average Bonchev–Trinajstić information content (AvgIpc) is 1.97. The Hall–Kier alpha value is -0.260. The van der Waals surface area contributed by atoms with Gasteiger partial charge in [-0.15, -0.1) is 0 Å². The van der Waals surface area contributed by atoms with Gasteiger partial charge < -0.3 is 0 Å². The molecule has 0 rings (SSSR count). The van der Waals surface area contributed by atoms with Gasteiger partial charge in [0.05, 0.1) is 0 Å². The fourth-order valence-electron chi connectivity index (χ4n) is 1.70. The highest BCUT2D eigenvalue weighted by atomic mass is 14.1. The molecular weight excluding hydrogens is 168 g/mol. The lowest BCUT2D eigenvalue weighted by molar-refractivity contribution is 0.562. The third kappa shape index (κ3) is 8.34. The van der Waals surface area contributed by atoms with E-state index in [9.17, 15) is 0 Å². The molecule has 0 atom stereocenters. The van der Waals surface area contributed by atoms with E-state index in [0.717, 1.165) is 17.8 Å². The van der Waals surface area contributed by atoms with E-state index < -0.39 is 0 Å². The van der Waals surface area contributed by atoms with Gasteiger partial charge in [0, 0.05) is 0 Å². The van der Waals surface area contributed by atoms with Gasteiger partial charge in [0.1, 0.15) is 0 Å². The first-order valence-electron chi connectivity index (χ1n) is 6.09. The minimum Gasteiger partial charge on any atom is -0.0851 e. The van der Waals surface area contributed by atoms with Gasteiger partial charge in [-0.05, 0) is 37.0 Å². The Morgan fingerprint density at radius 3 is 1.50 bits per heavy atom. The summed E-state index contributed by atoms with van der Waals surface area (Å²) in [5.74, 6) is 2.39. The summed E-state index contributed by atoms with van der Waals surface area (Å²) < 4.78 is 0. The van der Waals surface area contributed by atoms with E-state index in [1.807, 2.05) is 0 Å². The van der Waals surface area contributed by atoms with Gasteiger partial charge in [0.25, 0.3) is 0 Å². The summed E-state index contributed by atoms with van der Waals surface area (Å²) in [6, 6.07) is 0. The van der Waals surface area contributed by atoms with E-state index in [-0.39, 0.29) is 0 Å². The zero-order valence-electron chi connectivity index (χ0n) is 10.9. The van der Waals surface area contributed by atoms with Crippen LogP contribution < -0.4 is 0 Å². The van der Waals surface area contributed by atoms with Crippen molar-refractivity contribution in [3.8, 4) is 0 Å². The van der Waals surface area contributed by atoms with Crippen molar-refractivity contribution in [2.75, 3.05) is 0 Å². The van der Waals surface area contributed by atoms with E-state index in [0.29, 0.717) is 0 Å². The van der Waals surface area contributed by atoms with Gasteiger partial charge in [0.15, 0.2) is 0 Å². The molecule has 0 aliphatic heterocycles. The molecule has 0 heterocycles. The van der Waals surface area contributed by atoms with Gasteiger partial charge in [-0.2, -0.15) is 0 Å². The van der Waals surface area contributed by atoms with Crippen LogP contribution in [0.2, 0.25) is 0 Å². The molecule has 14 heavy (non-hydrogen) atoms. The first kappa shape index (κ1) is 13.7. The lowest BCUT2D eigenvalue weighted by Crippen LogP contribution is -1.98. The van der Waals surface area contributed by atoms with Crippen LogP contribution in [0.15, 0.2) is 11.6 Å². The molecule has 0 bridgehead atoms. The molecule has 0 aromatic carbocycles. The lowest BCUT2D eigenvalue weighted by atomic mass is 9.93. The maximum Gasteiger partial charge on any atom is -0.0297 e. The predicted octanol–water partition coefficient (Wildman–Crippen LogP) is 5.05. The lowest BCUT2D eigenvalue weighted by Gasteiger charge is -2.13. The Morgan fingerprint density at radius 1 is 0.786 bits per heavy atom. The molecule has 0 aromatic heterocycles. The maximum absolute atomic E-state index is 2.48. The molecule has 0 nitrogen and oxygen atoms in total. The van der Waals surface area contributed by atoms with Crippen LogP contribution in [-0.4, -0.2) is 0 Å². The van der Waals surface area contributed by atoms with E-state index in [2.05, 4.69) is 47.6 Å². The van der Waals surface area contributed by atoms with Gasteiger partial charge >= 0.3 is 0 Å². The van der Waals surface area contributed by atoms with Crippen LogP contribution in [0.5, 0.6) is 0 Å². The summed E-state index contributed by atoms with van der Waals surface area (Å²) >= 11 is 0. The van der Waals surface area contributed by atoms with Gasteiger partial charge in [-0.25, -0.2) is 0 Å². The van der Waals surface area contributed by atoms with Gasteiger partial charge in [0.2, 0.25) is 0 Å². The normalized spacial score (nSPS) is 11.5. The van der Waals surface area contributed by atoms with Gasteiger partial charge in [-0.1, -0.05) is 53.2 Å². The first-order valence-corrected chi connectivity index (χ1v) is 6.09. The molecule has 0 heteroatoms. The van der Waals surface area contributed by atoms with Crippen LogP contribution >= 0.6 is 0 Å². The number of hydrogen-bond donors (Lipinski definition) is 0. The van der Waals surface area contributed by atoms with Crippen molar-refractivity contribution in [1.82, 2.24) is 0 Å². The predicted molar refractivity (Wildman–Crippen MR) is 66.4 cm³/mol. The molecule has 0 N–H and O–H groups in total. The van der Waals surface area contributed by atoms with Crippen LogP contribution in [0.25, 0.3) is 0 Å². The fraction of sp³-hybridized carbons (Fsp3) is 0.857. The molecule has 0 saturated carbocycles. The Labute approximate surface area is 90.8 Å². The monoisotopic (exact) mass is 196 g/mol. The molecular formula is C14H28. The van der Waals surface area contributed by atoms with Crippen molar-refractivity contribution in [3.05, 3.63) is 11.6 Å². The minimum atomic E-state index is 0.796. The second-order valence-corrected chi connectivity index (χ2v) is 5.69. The second kappa shape index (κ2) is 7.09.